The lowest BCUT2D eigenvalue weighted by molar-refractivity contribution is 0.288. The molecule has 4 nitrogen and oxygen atoms in total. The van der Waals surface area contributed by atoms with Crippen LogP contribution in [0.1, 0.15) is 6.92 Å². The molecule has 7 heteroatoms. The molecule has 0 radical (unpaired) electrons. The Bertz CT molecular complexity index is 388. The Kier molecular flexibility index (Phi) is 5.66. The Morgan fingerprint density at radius 1 is 1.53 bits per heavy atom. The maximum absolute atomic E-state index is 9.18. The molecule has 96 valence electrons. The van der Waals surface area contributed by atoms with Crippen molar-refractivity contribution in [2.75, 3.05) is 23.9 Å². The van der Waals surface area contributed by atoms with E-state index in [1.54, 1.807) is 17.8 Å². The second kappa shape index (κ2) is 6.54. The number of aliphatic hydroxyl groups is 1. The lowest BCUT2D eigenvalue weighted by Crippen LogP contribution is -2.31. The van der Waals surface area contributed by atoms with Crippen LogP contribution in [0.4, 0.5) is 11.6 Å². The Labute approximate surface area is 115 Å². The van der Waals surface area contributed by atoms with Gasteiger partial charge in [-0.1, -0.05) is 23.2 Å². The van der Waals surface area contributed by atoms with E-state index in [9.17, 15) is 5.11 Å². The summed E-state index contributed by atoms with van der Waals surface area (Å²) in [4.78, 5) is 4.08. The Hall–Kier alpha value is -0.360. The monoisotopic (exact) mass is 295 g/mol. The van der Waals surface area contributed by atoms with Gasteiger partial charge in [-0.25, -0.2) is 4.98 Å². The number of nitrogens with two attached hydrogens (primary N) is 1. The number of thioether (sulfide) groups is 1. The van der Waals surface area contributed by atoms with Gasteiger partial charge in [0.05, 0.1) is 16.7 Å². The fourth-order valence-electron chi connectivity index (χ4n) is 1.33. The number of hydrogen-bond acceptors (Lipinski definition) is 5. The molecule has 0 saturated carbocycles. The molecule has 0 aliphatic carbocycles. The smallest absolute Gasteiger partial charge is 0.147 e. The maximum Gasteiger partial charge on any atom is 0.147 e. The number of nitrogen functional groups attached to an aromatic ring is 1. The van der Waals surface area contributed by atoms with E-state index in [1.807, 2.05) is 13.2 Å². The van der Waals surface area contributed by atoms with E-state index in [4.69, 9.17) is 28.9 Å². The van der Waals surface area contributed by atoms with Gasteiger partial charge in [0.1, 0.15) is 11.6 Å². The number of rotatable bonds is 5. The van der Waals surface area contributed by atoms with E-state index in [0.29, 0.717) is 15.9 Å². The van der Waals surface area contributed by atoms with E-state index < -0.39 is 0 Å². The first kappa shape index (κ1) is 14.7. The second-order valence-corrected chi connectivity index (χ2v) is 5.47. The van der Waals surface area contributed by atoms with Crippen molar-refractivity contribution in [2.24, 2.45) is 0 Å². The molecule has 0 aliphatic rings. The summed E-state index contributed by atoms with van der Waals surface area (Å²) < 4.78 is 0. The molecule has 0 saturated heterocycles. The van der Waals surface area contributed by atoms with Crippen molar-refractivity contribution >= 4 is 46.6 Å². The van der Waals surface area contributed by atoms with Gasteiger partial charge in [-0.15, -0.1) is 0 Å². The van der Waals surface area contributed by atoms with Crippen LogP contribution in [0, 0.1) is 0 Å². The average molecular weight is 296 g/mol. The number of hydrogen-bond donors (Lipinski definition) is 3. The summed E-state index contributed by atoms with van der Waals surface area (Å²) in [7, 11) is 0. The van der Waals surface area contributed by atoms with Crippen molar-refractivity contribution in [3.63, 3.8) is 0 Å². The van der Waals surface area contributed by atoms with E-state index in [1.165, 1.54) is 0 Å². The van der Waals surface area contributed by atoms with Crippen molar-refractivity contribution in [3.05, 3.63) is 16.1 Å². The van der Waals surface area contributed by atoms with E-state index in [-0.39, 0.29) is 23.7 Å². The standard InChI is InChI=1S/C10H15Cl2N3OS/c1-5(8(4-16)17-2)14-10-7(12)3-6(11)9(13)15-10/h3,5,8,16H,4H2,1-2H3,(H3,13,14,15). The summed E-state index contributed by atoms with van der Waals surface area (Å²) in [5.74, 6) is 0.712. The van der Waals surface area contributed by atoms with Crippen LogP contribution in [0.15, 0.2) is 6.07 Å². The molecule has 0 fully saturated rings. The molecule has 0 aliphatic heterocycles. The summed E-state index contributed by atoms with van der Waals surface area (Å²) in [6.07, 6.45) is 1.93. The van der Waals surface area contributed by atoms with Gasteiger partial charge in [-0.3, -0.25) is 0 Å². The van der Waals surface area contributed by atoms with Crippen molar-refractivity contribution in [1.82, 2.24) is 4.98 Å². The molecule has 17 heavy (non-hydrogen) atoms. The molecule has 0 amide bonds. The number of aliphatic hydroxyl groups excluding tert-OH is 1. The van der Waals surface area contributed by atoms with E-state index >= 15 is 0 Å². The molecule has 2 unspecified atom stereocenters. The zero-order valence-corrected chi connectivity index (χ0v) is 11.9. The molecule has 0 bridgehead atoms. The van der Waals surface area contributed by atoms with Gasteiger partial charge >= 0.3 is 0 Å². The fraction of sp³-hybridized carbons (Fsp3) is 0.500. The minimum Gasteiger partial charge on any atom is -0.395 e. The highest BCUT2D eigenvalue weighted by Gasteiger charge is 2.17. The Morgan fingerprint density at radius 2 is 2.18 bits per heavy atom. The minimum absolute atomic E-state index is 0.0144. The summed E-state index contributed by atoms with van der Waals surface area (Å²) >= 11 is 13.4. The first-order valence-electron chi connectivity index (χ1n) is 5.01. The minimum atomic E-state index is 0.0144. The summed E-state index contributed by atoms with van der Waals surface area (Å²) in [5.41, 5.74) is 5.61. The van der Waals surface area contributed by atoms with Crippen molar-refractivity contribution in [2.45, 2.75) is 18.2 Å². The van der Waals surface area contributed by atoms with Crippen molar-refractivity contribution < 1.29 is 5.11 Å². The lowest BCUT2D eigenvalue weighted by Gasteiger charge is -2.22. The van der Waals surface area contributed by atoms with Gasteiger partial charge in [0.2, 0.25) is 0 Å². The van der Waals surface area contributed by atoms with Crippen LogP contribution < -0.4 is 11.1 Å². The number of halogens is 2. The molecule has 1 rings (SSSR count). The number of nitrogens with zero attached hydrogens (tertiary/aromatic N) is 1. The maximum atomic E-state index is 9.18. The highest BCUT2D eigenvalue weighted by atomic mass is 35.5. The summed E-state index contributed by atoms with van der Waals surface area (Å²) in [6.45, 7) is 2.02. The Balaban J connectivity index is 2.84. The molecule has 1 aromatic rings. The fourth-order valence-corrected chi connectivity index (χ4v) is 2.37. The highest BCUT2D eigenvalue weighted by molar-refractivity contribution is 7.99. The van der Waals surface area contributed by atoms with Crippen LogP contribution in [0.3, 0.4) is 0 Å². The number of aromatic nitrogens is 1. The predicted molar refractivity (Wildman–Crippen MR) is 76.1 cm³/mol. The predicted octanol–water partition coefficient (Wildman–Crippen LogP) is 2.49. The SMILES string of the molecule is CSC(CO)C(C)Nc1nc(N)c(Cl)cc1Cl. The molecule has 1 aromatic heterocycles. The van der Waals surface area contributed by atoms with Gasteiger partial charge in [0.15, 0.2) is 0 Å². The average Bonchev–Trinajstić information content (AvgIpc) is 2.27. The quantitative estimate of drug-likeness (QED) is 0.778. The zero-order chi connectivity index (χ0) is 13.0. The van der Waals surface area contributed by atoms with Gasteiger partial charge < -0.3 is 16.2 Å². The van der Waals surface area contributed by atoms with Crippen LogP contribution in [-0.2, 0) is 0 Å². The zero-order valence-electron chi connectivity index (χ0n) is 9.58. The third kappa shape index (κ3) is 3.81. The third-order valence-electron chi connectivity index (χ3n) is 2.36. The normalized spacial score (nSPS) is 14.4. The van der Waals surface area contributed by atoms with Gasteiger partial charge in [0.25, 0.3) is 0 Å². The topological polar surface area (TPSA) is 71.2 Å². The highest BCUT2D eigenvalue weighted by Crippen LogP contribution is 2.28. The summed E-state index contributed by atoms with van der Waals surface area (Å²) in [5, 5.41) is 13.1. The molecule has 4 N–H and O–H groups in total. The number of nitrogens with one attached hydrogen (secondary N) is 1. The largest absolute Gasteiger partial charge is 0.395 e. The third-order valence-corrected chi connectivity index (χ3v) is 4.12. The van der Waals surface area contributed by atoms with Crippen LogP contribution in [0.5, 0.6) is 0 Å². The Morgan fingerprint density at radius 3 is 2.71 bits per heavy atom. The van der Waals surface area contributed by atoms with Crippen molar-refractivity contribution in [3.8, 4) is 0 Å². The van der Waals surface area contributed by atoms with Crippen LogP contribution in [-0.4, -0.2) is 34.2 Å². The number of anilines is 2. The molecule has 0 spiro atoms. The van der Waals surface area contributed by atoms with Gasteiger partial charge in [0, 0.05) is 11.3 Å². The summed E-state index contributed by atoms with van der Waals surface area (Å²) in [6, 6.07) is 1.56. The van der Waals surface area contributed by atoms with E-state index in [0.717, 1.165) is 0 Å². The van der Waals surface area contributed by atoms with Gasteiger partial charge in [-0.05, 0) is 19.2 Å². The lowest BCUT2D eigenvalue weighted by atomic mass is 10.2. The van der Waals surface area contributed by atoms with Crippen LogP contribution in [0.2, 0.25) is 10.0 Å². The van der Waals surface area contributed by atoms with Crippen LogP contribution >= 0.6 is 35.0 Å². The van der Waals surface area contributed by atoms with Crippen LogP contribution in [0.25, 0.3) is 0 Å². The van der Waals surface area contributed by atoms with Gasteiger partial charge in [-0.2, -0.15) is 11.8 Å². The van der Waals surface area contributed by atoms with E-state index in [2.05, 4.69) is 10.3 Å². The number of pyridine rings is 1. The first-order chi connectivity index (χ1) is 7.99. The molecule has 1 heterocycles. The molecule has 2 atom stereocenters. The van der Waals surface area contributed by atoms with Crippen molar-refractivity contribution in [1.29, 1.82) is 0 Å². The second-order valence-electron chi connectivity index (χ2n) is 3.58. The molecule has 0 aromatic carbocycles. The molecular weight excluding hydrogens is 281 g/mol. The first-order valence-corrected chi connectivity index (χ1v) is 7.05. The molecular formula is C10H15Cl2N3OS.